The van der Waals surface area contributed by atoms with E-state index >= 15 is 0 Å². The molecular formula is C29H33Cl2N5O5. The van der Waals surface area contributed by atoms with Crippen molar-refractivity contribution in [2.45, 2.75) is 37.8 Å². The summed E-state index contributed by atoms with van der Waals surface area (Å²) in [5, 5.41) is 15.3. The number of halogens is 2. The quantitative estimate of drug-likeness (QED) is 0.326. The van der Waals surface area contributed by atoms with E-state index in [1.54, 1.807) is 12.3 Å². The van der Waals surface area contributed by atoms with Crippen LogP contribution in [0.3, 0.4) is 0 Å². The van der Waals surface area contributed by atoms with Crippen molar-refractivity contribution in [1.29, 1.82) is 0 Å². The van der Waals surface area contributed by atoms with Crippen LogP contribution in [0.1, 0.15) is 26.2 Å². The van der Waals surface area contributed by atoms with Crippen molar-refractivity contribution >= 4 is 51.5 Å². The molecular weight excluding hydrogens is 569 g/mol. The van der Waals surface area contributed by atoms with Crippen molar-refractivity contribution in [1.82, 2.24) is 15.0 Å². The Kier molecular flexibility index (Phi) is 8.56. The number of piperidine rings is 1. The molecule has 0 unspecified atom stereocenters. The minimum absolute atomic E-state index is 0.00717. The van der Waals surface area contributed by atoms with Gasteiger partial charge in [0.2, 0.25) is 0 Å². The second-order valence-corrected chi connectivity index (χ2v) is 11.4. The van der Waals surface area contributed by atoms with Crippen LogP contribution in [-0.4, -0.2) is 78.0 Å². The smallest absolute Gasteiger partial charge is 0.165 e. The molecule has 2 saturated heterocycles. The van der Waals surface area contributed by atoms with Gasteiger partial charge in [0.15, 0.2) is 11.6 Å². The second kappa shape index (κ2) is 12.0. The Labute approximate surface area is 248 Å². The van der Waals surface area contributed by atoms with Gasteiger partial charge in [0.1, 0.15) is 23.1 Å². The van der Waals surface area contributed by atoms with Crippen LogP contribution in [0, 0.1) is 5.92 Å². The zero-order valence-electron chi connectivity index (χ0n) is 23.2. The maximum atomic E-state index is 12.0. The third kappa shape index (κ3) is 6.06. The molecule has 2 fully saturated rings. The van der Waals surface area contributed by atoms with Gasteiger partial charge in [0, 0.05) is 36.9 Å². The molecule has 2 aliphatic rings. The van der Waals surface area contributed by atoms with Crippen LogP contribution in [0.2, 0.25) is 10.0 Å². The van der Waals surface area contributed by atoms with Gasteiger partial charge in [-0.1, -0.05) is 29.8 Å². The molecule has 2 aromatic heterocycles. The van der Waals surface area contributed by atoms with Crippen LogP contribution >= 0.6 is 23.2 Å². The third-order valence-electron chi connectivity index (χ3n) is 7.72. The van der Waals surface area contributed by atoms with E-state index in [-0.39, 0.29) is 27.8 Å². The van der Waals surface area contributed by atoms with Gasteiger partial charge < -0.3 is 29.5 Å². The number of allylic oxidation sites excluding steroid dienone is 1. The normalized spacial score (nSPS) is 20.2. The molecule has 41 heavy (non-hydrogen) atoms. The molecule has 2 aliphatic heterocycles. The van der Waals surface area contributed by atoms with E-state index in [4.69, 9.17) is 47.4 Å². The van der Waals surface area contributed by atoms with Crippen LogP contribution in [0.5, 0.6) is 11.5 Å². The third-order valence-corrected chi connectivity index (χ3v) is 8.47. The summed E-state index contributed by atoms with van der Waals surface area (Å²) in [6.45, 7) is 7.56. The minimum Gasteiger partial charge on any atom is -0.495 e. The molecule has 2 N–H and O–H groups in total. The molecule has 0 spiro atoms. The number of rotatable bonds is 9. The Morgan fingerprint density at radius 2 is 1.88 bits per heavy atom. The Morgan fingerprint density at radius 1 is 1.20 bits per heavy atom. The molecule has 2 atom stereocenters. The number of aliphatic hydroxyl groups is 1. The summed E-state index contributed by atoms with van der Waals surface area (Å²) in [7, 11) is 3.02. The van der Waals surface area contributed by atoms with Crippen molar-refractivity contribution in [3.05, 3.63) is 41.0 Å². The van der Waals surface area contributed by atoms with Crippen LogP contribution in [0.25, 0.3) is 22.3 Å². The average Bonchev–Trinajstić information content (AvgIpc) is 3.39. The van der Waals surface area contributed by atoms with Crippen LogP contribution in [-0.2, 0) is 9.53 Å². The first-order chi connectivity index (χ1) is 19.6. The Hall–Kier alpha value is -3.18. The van der Waals surface area contributed by atoms with Gasteiger partial charge in [-0.05, 0) is 31.9 Å². The molecule has 12 heteroatoms. The van der Waals surface area contributed by atoms with E-state index in [9.17, 15) is 9.90 Å². The molecule has 10 nitrogen and oxygen atoms in total. The SMILES string of the molecule is C=CC(=O)C[C@H]1COC[C@H]1Nc1cc2c(N3CCC(C)(O)CC3)nc(-c3c(Cl)c(OC)cc(OC)c3Cl)nc2cn1. The largest absolute Gasteiger partial charge is 0.495 e. The lowest BCUT2D eigenvalue weighted by Crippen LogP contribution is -2.43. The highest BCUT2D eigenvalue weighted by Crippen LogP contribution is 2.46. The van der Waals surface area contributed by atoms with Gasteiger partial charge in [0.05, 0.1) is 66.4 Å². The fourth-order valence-electron chi connectivity index (χ4n) is 5.22. The first-order valence-corrected chi connectivity index (χ1v) is 14.1. The molecule has 3 aromatic rings. The molecule has 218 valence electrons. The number of ketones is 1. The number of aromatic nitrogens is 3. The number of ether oxygens (including phenoxy) is 3. The lowest BCUT2D eigenvalue weighted by atomic mass is 9.94. The fourth-order valence-corrected chi connectivity index (χ4v) is 5.89. The van der Waals surface area contributed by atoms with Crippen molar-refractivity contribution in [3.8, 4) is 22.9 Å². The number of nitrogens with one attached hydrogen (secondary N) is 1. The van der Waals surface area contributed by atoms with E-state index in [1.807, 2.05) is 13.0 Å². The fraction of sp³-hybridized carbons (Fsp3) is 0.448. The van der Waals surface area contributed by atoms with Gasteiger partial charge in [-0.15, -0.1) is 0 Å². The molecule has 1 aromatic carbocycles. The summed E-state index contributed by atoms with van der Waals surface area (Å²) in [4.78, 5) is 28.5. The molecule has 4 heterocycles. The van der Waals surface area contributed by atoms with Crippen molar-refractivity contribution in [2.24, 2.45) is 5.92 Å². The number of pyridine rings is 1. The number of benzene rings is 1. The molecule has 0 saturated carbocycles. The lowest BCUT2D eigenvalue weighted by Gasteiger charge is -2.37. The molecule has 0 amide bonds. The Morgan fingerprint density at radius 3 is 2.51 bits per heavy atom. The zero-order chi connectivity index (χ0) is 29.3. The molecule has 5 rings (SSSR count). The summed E-state index contributed by atoms with van der Waals surface area (Å²) in [5.74, 6) is 2.32. The highest BCUT2D eigenvalue weighted by Gasteiger charge is 2.32. The summed E-state index contributed by atoms with van der Waals surface area (Å²) in [5.41, 5.74) is 0.225. The molecule has 0 bridgehead atoms. The maximum absolute atomic E-state index is 12.0. The number of methoxy groups -OCH3 is 2. The van der Waals surface area contributed by atoms with Gasteiger partial charge in [-0.25, -0.2) is 15.0 Å². The number of carbonyl (C=O) groups excluding carboxylic acids is 1. The van der Waals surface area contributed by atoms with E-state index in [1.165, 1.54) is 20.3 Å². The lowest BCUT2D eigenvalue weighted by molar-refractivity contribution is -0.115. The number of carbonyl (C=O) groups is 1. The number of anilines is 2. The first-order valence-electron chi connectivity index (χ1n) is 13.4. The maximum Gasteiger partial charge on any atom is 0.165 e. The van der Waals surface area contributed by atoms with Crippen molar-refractivity contribution in [3.63, 3.8) is 0 Å². The van der Waals surface area contributed by atoms with Gasteiger partial charge in [-0.2, -0.15) is 0 Å². The monoisotopic (exact) mass is 601 g/mol. The predicted octanol–water partition coefficient (Wildman–Crippen LogP) is 4.94. The first kappa shape index (κ1) is 29.3. The summed E-state index contributed by atoms with van der Waals surface area (Å²) in [6.07, 6.45) is 4.53. The topological polar surface area (TPSA) is 119 Å². The average molecular weight is 603 g/mol. The number of hydrogen-bond donors (Lipinski definition) is 2. The van der Waals surface area contributed by atoms with E-state index < -0.39 is 5.60 Å². The zero-order valence-corrected chi connectivity index (χ0v) is 24.8. The molecule has 0 radical (unpaired) electrons. The van der Waals surface area contributed by atoms with Gasteiger partial charge in [-0.3, -0.25) is 4.79 Å². The van der Waals surface area contributed by atoms with Gasteiger partial charge >= 0.3 is 0 Å². The number of fused-ring (bicyclic) bond motifs is 1. The highest BCUT2D eigenvalue weighted by atomic mass is 35.5. The van der Waals surface area contributed by atoms with Crippen LogP contribution < -0.4 is 19.7 Å². The number of nitrogens with zero attached hydrogens (tertiary/aromatic N) is 4. The minimum atomic E-state index is -0.746. The second-order valence-electron chi connectivity index (χ2n) is 10.6. The van der Waals surface area contributed by atoms with Crippen LogP contribution in [0.15, 0.2) is 31.0 Å². The number of hydrogen-bond acceptors (Lipinski definition) is 10. The molecule has 0 aliphatic carbocycles. The summed E-state index contributed by atoms with van der Waals surface area (Å²) < 4.78 is 16.6. The van der Waals surface area contributed by atoms with E-state index in [0.717, 1.165) is 5.39 Å². The van der Waals surface area contributed by atoms with E-state index in [0.29, 0.717) is 85.6 Å². The van der Waals surface area contributed by atoms with Crippen LogP contribution in [0.4, 0.5) is 11.6 Å². The standard InChI is InChI=1S/C29H33Cl2N5O5/c1-5-17(37)10-16-14-41-15-20(16)33-23-11-18-19(13-32-23)34-27(35-28(18)36-8-6-29(2,38)7-9-36)24-25(30)21(39-3)12-22(40-4)26(24)31/h5,11-13,16,20,38H,1,6-10,14-15H2,2-4H3,(H,32,33)/t16-,20+/m0/s1. The Balaban J connectivity index is 1.59. The summed E-state index contributed by atoms with van der Waals surface area (Å²) >= 11 is 13.5. The predicted molar refractivity (Wildman–Crippen MR) is 160 cm³/mol. The van der Waals surface area contributed by atoms with Crippen molar-refractivity contribution < 1.29 is 24.1 Å². The Bertz CT molecular complexity index is 1450. The van der Waals surface area contributed by atoms with Gasteiger partial charge in [0.25, 0.3) is 0 Å². The van der Waals surface area contributed by atoms with Crippen molar-refractivity contribution in [2.75, 3.05) is 50.7 Å². The highest BCUT2D eigenvalue weighted by molar-refractivity contribution is 6.41. The summed E-state index contributed by atoms with van der Waals surface area (Å²) in [6, 6.07) is 3.44. The van der Waals surface area contributed by atoms with E-state index in [2.05, 4.69) is 21.8 Å².